The highest BCUT2D eigenvalue weighted by Gasteiger charge is 2.52. The zero-order valence-electron chi connectivity index (χ0n) is 10.3. The number of allylic oxidation sites excluding steroid dienone is 6. The van der Waals surface area contributed by atoms with Gasteiger partial charge in [0.2, 0.25) is 11.8 Å². The maximum Gasteiger partial charge on any atom is 0.236 e. The predicted molar refractivity (Wildman–Crippen MR) is 70.6 cm³/mol. The SMILES string of the molecule is NC(=O)C1CC2(CN1)C(=O)NC1=C2\C=C/C=C\C=C/1. The second-order valence-corrected chi connectivity index (χ2v) is 5.01. The van der Waals surface area contributed by atoms with Crippen LogP contribution in [0.25, 0.3) is 0 Å². The van der Waals surface area contributed by atoms with Crippen molar-refractivity contribution in [1.29, 1.82) is 0 Å². The largest absolute Gasteiger partial charge is 0.368 e. The number of amides is 2. The Labute approximate surface area is 110 Å². The Morgan fingerprint density at radius 1 is 1.26 bits per heavy atom. The Hall–Kier alpha value is -2.14. The Morgan fingerprint density at radius 3 is 2.68 bits per heavy atom. The van der Waals surface area contributed by atoms with Gasteiger partial charge in [0.25, 0.3) is 0 Å². The molecule has 1 fully saturated rings. The highest BCUT2D eigenvalue weighted by Crippen LogP contribution is 2.43. The van der Waals surface area contributed by atoms with E-state index in [1.165, 1.54) is 0 Å². The average molecular weight is 257 g/mol. The van der Waals surface area contributed by atoms with Gasteiger partial charge in [0.1, 0.15) is 0 Å². The van der Waals surface area contributed by atoms with Gasteiger partial charge in [-0.15, -0.1) is 0 Å². The molecule has 0 aromatic rings. The molecule has 0 saturated carbocycles. The van der Waals surface area contributed by atoms with Gasteiger partial charge in [0.05, 0.1) is 11.5 Å². The molecule has 0 aromatic carbocycles. The standard InChI is InChI=1S/C14H15N3O2/c15-12(18)11-7-14(8-16-11)9-5-3-1-2-4-6-10(9)17-13(14)19/h1-6,11,16H,7-8H2,(H2,15,18)(H,17,19)/b2-1-,3-1?,4-2?,5-3-,6-4-,9-5?,10-6?. The molecule has 1 saturated heterocycles. The van der Waals surface area contributed by atoms with E-state index in [0.29, 0.717) is 13.0 Å². The Morgan fingerprint density at radius 2 is 2.00 bits per heavy atom. The minimum Gasteiger partial charge on any atom is -0.368 e. The van der Waals surface area contributed by atoms with E-state index in [-0.39, 0.29) is 5.91 Å². The van der Waals surface area contributed by atoms with E-state index in [2.05, 4.69) is 10.6 Å². The van der Waals surface area contributed by atoms with E-state index in [1.54, 1.807) is 0 Å². The van der Waals surface area contributed by atoms with Gasteiger partial charge < -0.3 is 16.4 Å². The van der Waals surface area contributed by atoms with Crippen LogP contribution in [0.1, 0.15) is 6.42 Å². The van der Waals surface area contributed by atoms with E-state index in [4.69, 9.17) is 5.73 Å². The van der Waals surface area contributed by atoms with Crippen molar-refractivity contribution < 1.29 is 9.59 Å². The van der Waals surface area contributed by atoms with Crippen LogP contribution in [0.2, 0.25) is 0 Å². The summed E-state index contributed by atoms with van der Waals surface area (Å²) >= 11 is 0. The molecule has 2 heterocycles. The van der Waals surface area contributed by atoms with Crippen LogP contribution >= 0.6 is 0 Å². The number of carbonyl (C=O) groups excluding carboxylic acids is 2. The lowest BCUT2D eigenvalue weighted by Crippen LogP contribution is -2.36. The molecule has 98 valence electrons. The van der Waals surface area contributed by atoms with Crippen molar-refractivity contribution in [2.24, 2.45) is 11.1 Å². The molecular weight excluding hydrogens is 242 g/mol. The van der Waals surface area contributed by atoms with E-state index in [0.717, 1.165) is 11.3 Å². The summed E-state index contributed by atoms with van der Waals surface area (Å²) < 4.78 is 0. The third-order valence-corrected chi connectivity index (χ3v) is 3.89. The molecule has 0 radical (unpaired) electrons. The van der Waals surface area contributed by atoms with Crippen LogP contribution in [-0.2, 0) is 9.59 Å². The summed E-state index contributed by atoms with van der Waals surface area (Å²) in [6.45, 7) is 0.438. The van der Waals surface area contributed by atoms with Crippen LogP contribution < -0.4 is 16.4 Å². The first-order chi connectivity index (χ1) is 9.13. The van der Waals surface area contributed by atoms with Crippen LogP contribution in [-0.4, -0.2) is 24.4 Å². The highest BCUT2D eigenvalue weighted by molar-refractivity contribution is 5.95. The summed E-state index contributed by atoms with van der Waals surface area (Å²) in [6.07, 6.45) is 11.8. The van der Waals surface area contributed by atoms with Gasteiger partial charge in [0, 0.05) is 12.2 Å². The van der Waals surface area contributed by atoms with Gasteiger partial charge in [-0.3, -0.25) is 9.59 Å². The van der Waals surface area contributed by atoms with E-state index in [9.17, 15) is 9.59 Å². The molecule has 5 heteroatoms. The van der Waals surface area contributed by atoms with Gasteiger partial charge in [-0.2, -0.15) is 0 Å². The van der Waals surface area contributed by atoms with Crippen molar-refractivity contribution >= 4 is 11.8 Å². The molecular formula is C14H15N3O2. The summed E-state index contributed by atoms with van der Waals surface area (Å²) in [5.74, 6) is -0.478. The first kappa shape index (κ1) is 11.9. The summed E-state index contributed by atoms with van der Waals surface area (Å²) in [6, 6.07) is -0.448. The Bertz CT molecular complexity index is 571. The normalized spacial score (nSPS) is 37.5. The van der Waals surface area contributed by atoms with Crippen molar-refractivity contribution in [3.63, 3.8) is 0 Å². The summed E-state index contributed by atoms with van der Waals surface area (Å²) in [5, 5.41) is 5.94. The molecule has 3 aliphatic rings. The smallest absolute Gasteiger partial charge is 0.236 e. The summed E-state index contributed by atoms with van der Waals surface area (Å²) in [4.78, 5) is 23.6. The molecule has 5 nitrogen and oxygen atoms in total. The van der Waals surface area contributed by atoms with Crippen LogP contribution in [0, 0.1) is 5.41 Å². The van der Waals surface area contributed by atoms with Crippen molar-refractivity contribution in [2.45, 2.75) is 12.5 Å². The zero-order chi connectivity index (χ0) is 13.5. The van der Waals surface area contributed by atoms with E-state index < -0.39 is 17.4 Å². The molecule has 19 heavy (non-hydrogen) atoms. The molecule has 2 aliphatic heterocycles. The fraction of sp³-hybridized carbons (Fsp3) is 0.286. The summed E-state index contributed by atoms with van der Waals surface area (Å²) in [5.41, 5.74) is 6.37. The number of nitrogens with one attached hydrogen (secondary N) is 2. The first-order valence-electron chi connectivity index (χ1n) is 6.24. The maximum atomic E-state index is 12.3. The number of hydrogen-bond acceptors (Lipinski definition) is 3. The van der Waals surface area contributed by atoms with E-state index in [1.807, 2.05) is 36.5 Å². The second kappa shape index (κ2) is 4.20. The molecule has 4 N–H and O–H groups in total. The molecule has 2 amide bonds. The first-order valence-corrected chi connectivity index (χ1v) is 6.24. The minimum absolute atomic E-state index is 0.0649. The van der Waals surface area contributed by atoms with Gasteiger partial charge in [-0.25, -0.2) is 0 Å². The lowest BCUT2D eigenvalue weighted by molar-refractivity contribution is -0.126. The quantitative estimate of drug-likeness (QED) is 0.612. The molecule has 0 aromatic heterocycles. The Balaban J connectivity index is 2.02. The van der Waals surface area contributed by atoms with Crippen molar-refractivity contribution in [2.75, 3.05) is 6.54 Å². The fourth-order valence-corrected chi connectivity index (χ4v) is 2.87. The summed E-state index contributed by atoms with van der Waals surface area (Å²) in [7, 11) is 0. The van der Waals surface area contributed by atoms with Crippen LogP contribution in [0.5, 0.6) is 0 Å². The van der Waals surface area contributed by atoms with Gasteiger partial charge in [-0.1, -0.05) is 30.4 Å². The topological polar surface area (TPSA) is 84.2 Å². The zero-order valence-corrected chi connectivity index (χ0v) is 10.3. The molecule has 2 unspecified atom stereocenters. The van der Waals surface area contributed by atoms with Crippen molar-refractivity contribution in [1.82, 2.24) is 10.6 Å². The number of hydrogen-bond donors (Lipinski definition) is 3. The minimum atomic E-state index is -0.680. The average Bonchev–Trinajstić information content (AvgIpc) is 2.87. The van der Waals surface area contributed by atoms with Crippen molar-refractivity contribution in [3.05, 3.63) is 47.7 Å². The maximum absolute atomic E-state index is 12.3. The van der Waals surface area contributed by atoms with Gasteiger partial charge in [0.15, 0.2) is 0 Å². The monoisotopic (exact) mass is 257 g/mol. The second-order valence-electron chi connectivity index (χ2n) is 5.01. The third kappa shape index (κ3) is 1.74. The van der Waals surface area contributed by atoms with Crippen molar-refractivity contribution in [3.8, 4) is 0 Å². The predicted octanol–water partition coefficient (Wildman–Crippen LogP) is -0.114. The molecule has 1 aliphatic carbocycles. The van der Waals surface area contributed by atoms with Crippen LogP contribution in [0.4, 0.5) is 0 Å². The Kier molecular flexibility index (Phi) is 2.64. The number of carbonyl (C=O) groups is 2. The third-order valence-electron chi connectivity index (χ3n) is 3.89. The number of fused-ring (bicyclic) bond motifs is 1. The lowest BCUT2D eigenvalue weighted by Gasteiger charge is -2.21. The number of primary amides is 1. The molecule has 1 spiro atoms. The molecule has 3 rings (SSSR count). The van der Waals surface area contributed by atoms with Gasteiger partial charge in [-0.05, 0) is 18.1 Å². The van der Waals surface area contributed by atoms with Crippen LogP contribution in [0.3, 0.4) is 0 Å². The fourth-order valence-electron chi connectivity index (χ4n) is 2.87. The van der Waals surface area contributed by atoms with Gasteiger partial charge >= 0.3 is 0 Å². The lowest BCUT2D eigenvalue weighted by atomic mass is 9.78. The molecule has 2 atom stereocenters. The molecule has 0 bridgehead atoms. The van der Waals surface area contributed by atoms with E-state index >= 15 is 0 Å². The number of nitrogens with two attached hydrogens (primary N) is 1. The number of rotatable bonds is 1. The van der Waals surface area contributed by atoms with Crippen LogP contribution in [0.15, 0.2) is 47.7 Å². The highest BCUT2D eigenvalue weighted by atomic mass is 16.2.